The summed E-state index contributed by atoms with van der Waals surface area (Å²) in [5, 5.41) is 22.1. The van der Waals surface area contributed by atoms with E-state index in [4.69, 9.17) is 28.3 Å². The second kappa shape index (κ2) is 13.5. The van der Waals surface area contributed by atoms with Crippen LogP contribution in [0.15, 0.2) is 57.6 Å². The maximum absolute atomic E-state index is 12.9. The predicted molar refractivity (Wildman–Crippen MR) is 154 cm³/mol. The molecule has 0 spiro atoms. The van der Waals surface area contributed by atoms with Crippen molar-refractivity contribution in [2.24, 2.45) is 0 Å². The molecule has 3 heterocycles. The Hall–Kier alpha value is -1.76. The normalized spacial score (nSPS) is 20.7. The highest BCUT2D eigenvalue weighted by Crippen LogP contribution is 2.42. The van der Waals surface area contributed by atoms with Crippen LogP contribution in [0.2, 0.25) is 10.0 Å². The lowest BCUT2D eigenvalue weighted by molar-refractivity contribution is -0.150. The van der Waals surface area contributed by atoms with E-state index < -0.39 is 23.3 Å². The van der Waals surface area contributed by atoms with E-state index in [0.29, 0.717) is 32.0 Å². The quantitative estimate of drug-likeness (QED) is 0.182. The van der Waals surface area contributed by atoms with E-state index in [1.54, 1.807) is 30.0 Å². The summed E-state index contributed by atoms with van der Waals surface area (Å²) in [6, 6.07) is 4.22. The van der Waals surface area contributed by atoms with Crippen LogP contribution in [0.1, 0.15) is 12.8 Å². The van der Waals surface area contributed by atoms with Crippen molar-refractivity contribution in [2.45, 2.75) is 29.2 Å². The van der Waals surface area contributed by atoms with Crippen molar-refractivity contribution in [1.29, 1.82) is 0 Å². The Labute approximate surface area is 243 Å². The van der Waals surface area contributed by atoms with Gasteiger partial charge in [-0.25, -0.2) is 4.79 Å². The number of carboxylic acid groups (broad SMARTS) is 1. The van der Waals surface area contributed by atoms with Gasteiger partial charge in [-0.2, -0.15) is 0 Å². The zero-order valence-corrected chi connectivity index (χ0v) is 24.2. The molecule has 0 bridgehead atoms. The molecule has 0 unspecified atom stereocenters. The summed E-state index contributed by atoms with van der Waals surface area (Å²) in [4.78, 5) is 42.8. The van der Waals surface area contributed by atoms with Gasteiger partial charge in [0.15, 0.2) is 0 Å². The fourth-order valence-corrected chi connectivity index (χ4v) is 7.83. The molecule has 0 saturated carbocycles. The maximum atomic E-state index is 12.9. The van der Waals surface area contributed by atoms with E-state index in [0.717, 1.165) is 30.8 Å². The minimum absolute atomic E-state index is 0.0165. The number of carbonyl (C=O) groups excluding carboxylic acids is 2. The number of unbranched alkanes of at least 4 members (excludes halogenated alkanes) is 1. The Morgan fingerprint density at radius 2 is 2.03 bits per heavy atom. The van der Waals surface area contributed by atoms with Crippen LogP contribution in [0.3, 0.4) is 0 Å². The lowest BCUT2D eigenvalue weighted by Crippen LogP contribution is -2.70. The molecule has 2 atom stereocenters. The van der Waals surface area contributed by atoms with Gasteiger partial charge in [-0.15, -0.1) is 35.3 Å². The molecule has 38 heavy (non-hydrogen) atoms. The van der Waals surface area contributed by atoms with E-state index in [1.807, 2.05) is 12.3 Å². The number of aliphatic hydroxyl groups is 1. The van der Waals surface area contributed by atoms with Crippen molar-refractivity contribution in [3.05, 3.63) is 62.8 Å². The minimum Gasteiger partial charge on any atom is -0.477 e. The van der Waals surface area contributed by atoms with Crippen molar-refractivity contribution in [3.63, 3.8) is 0 Å². The van der Waals surface area contributed by atoms with Crippen LogP contribution in [-0.2, 0) is 14.4 Å². The molecule has 2 amide bonds. The number of halogens is 2. The number of aliphatic hydroxyl groups excluding tert-OH is 1. The molecule has 3 aliphatic heterocycles. The van der Waals surface area contributed by atoms with Gasteiger partial charge in [0.2, 0.25) is 5.91 Å². The van der Waals surface area contributed by atoms with Crippen LogP contribution in [0.5, 0.6) is 0 Å². The average molecular weight is 617 g/mol. The first-order chi connectivity index (χ1) is 18.3. The summed E-state index contributed by atoms with van der Waals surface area (Å²) in [6.45, 7) is 1.83. The van der Waals surface area contributed by atoms with Gasteiger partial charge in [-0.3, -0.25) is 14.5 Å². The van der Waals surface area contributed by atoms with Gasteiger partial charge < -0.3 is 20.4 Å². The molecule has 13 heteroatoms. The van der Waals surface area contributed by atoms with Crippen molar-refractivity contribution in [2.75, 3.05) is 37.0 Å². The van der Waals surface area contributed by atoms with Gasteiger partial charge in [0.05, 0.1) is 10.8 Å². The molecular formula is C25H27Cl2N3O5S3. The predicted octanol–water partition coefficient (Wildman–Crippen LogP) is 4.04. The number of β-lactam (4-membered cyclic amide) rings is 1. The van der Waals surface area contributed by atoms with Crippen LogP contribution in [0.25, 0.3) is 0 Å². The number of carbonyl (C=O) groups is 3. The SMILES string of the molecule is O=C(CSc1cc(Cl)ccc1Cl)N[C@@H]1C(=O)N2C(C(=O)O)=C(CSC3=CCN(CCCCO)C=C3)CS[C@H]12. The first-order valence-corrected chi connectivity index (χ1v) is 15.7. The smallest absolute Gasteiger partial charge is 0.352 e. The number of thioether (sulfide) groups is 3. The van der Waals surface area contributed by atoms with Gasteiger partial charge in [0, 0.05) is 52.2 Å². The van der Waals surface area contributed by atoms with E-state index in [1.165, 1.54) is 28.4 Å². The largest absolute Gasteiger partial charge is 0.477 e. The maximum Gasteiger partial charge on any atom is 0.352 e. The van der Waals surface area contributed by atoms with Crippen molar-refractivity contribution in [3.8, 4) is 0 Å². The number of hydrogen-bond acceptors (Lipinski definition) is 8. The number of allylic oxidation sites excluding steroid dienone is 1. The molecule has 0 aliphatic carbocycles. The standard InChI is InChI=1S/C25H27Cl2N3O5S3/c26-16-3-4-18(27)19(11-16)37-14-20(32)28-21-23(33)30-22(25(34)35)15(13-38-24(21)30)12-36-17-5-8-29(9-6-17)7-1-2-10-31/h3-6,8,11,21,24,31H,1-2,7,9-10,12-14H2,(H,28,32)(H,34,35)/t21-,24-/m1/s1. The van der Waals surface area contributed by atoms with Crippen LogP contribution in [0.4, 0.5) is 0 Å². The molecule has 4 rings (SSSR count). The zero-order chi connectivity index (χ0) is 27.2. The van der Waals surface area contributed by atoms with Gasteiger partial charge in [-0.1, -0.05) is 29.3 Å². The number of nitrogens with zero attached hydrogens (tertiary/aromatic N) is 2. The molecule has 3 aliphatic rings. The molecule has 1 aromatic carbocycles. The Kier molecular flexibility index (Phi) is 10.4. The van der Waals surface area contributed by atoms with Gasteiger partial charge >= 0.3 is 5.97 Å². The second-order valence-electron chi connectivity index (χ2n) is 8.71. The number of fused-ring (bicyclic) bond motifs is 1. The van der Waals surface area contributed by atoms with Crippen molar-refractivity contribution >= 4 is 76.3 Å². The lowest BCUT2D eigenvalue weighted by Gasteiger charge is -2.49. The molecular weight excluding hydrogens is 589 g/mol. The van der Waals surface area contributed by atoms with E-state index in [-0.39, 0.29) is 24.0 Å². The van der Waals surface area contributed by atoms with Gasteiger partial charge in [0.25, 0.3) is 5.91 Å². The Morgan fingerprint density at radius 3 is 2.74 bits per heavy atom. The summed E-state index contributed by atoms with van der Waals surface area (Å²) < 4.78 is 0. The van der Waals surface area contributed by atoms with E-state index in [9.17, 15) is 19.5 Å². The highest BCUT2D eigenvalue weighted by atomic mass is 35.5. The van der Waals surface area contributed by atoms with Gasteiger partial charge in [0.1, 0.15) is 17.1 Å². The molecule has 1 saturated heterocycles. The van der Waals surface area contributed by atoms with Crippen LogP contribution in [0, 0.1) is 0 Å². The number of benzene rings is 1. The number of amides is 2. The van der Waals surface area contributed by atoms with E-state index in [2.05, 4.69) is 16.3 Å². The topological polar surface area (TPSA) is 110 Å². The Morgan fingerprint density at radius 1 is 1.21 bits per heavy atom. The molecule has 0 radical (unpaired) electrons. The van der Waals surface area contributed by atoms with Crippen molar-refractivity contribution < 1.29 is 24.6 Å². The summed E-state index contributed by atoms with van der Waals surface area (Å²) in [5.74, 6) is -0.929. The fourth-order valence-electron chi connectivity index (χ4n) is 4.13. The monoisotopic (exact) mass is 615 g/mol. The first-order valence-electron chi connectivity index (χ1n) is 11.9. The molecule has 3 N–H and O–H groups in total. The number of aliphatic carboxylic acids is 1. The van der Waals surface area contributed by atoms with Crippen LogP contribution in [-0.4, -0.2) is 86.2 Å². The summed E-state index contributed by atoms with van der Waals surface area (Å²) in [7, 11) is 0. The van der Waals surface area contributed by atoms with E-state index >= 15 is 0 Å². The first kappa shape index (κ1) is 29.2. The highest BCUT2D eigenvalue weighted by Gasteiger charge is 2.54. The average Bonchev–Trinajstić information content (AvgIpc) is 2.91. The summed E-state index contributed by atoms with van der Waals surface area (Å²) in [5.41, 5.74) is 0.704. The van der Waals surface area contributed by atoms with Gasteiger partial charge in [-0.05, 0) is 42.7 Å². The molecule has 204 valence electrons. The second-order valence-corrected chi connectivity index (χ2v) is 12.7. The number of carboxylic acids is 1. The number of nitrogens with one attached hydrogen (secondary N) is 1. The molecule has 1 aromatic rings. The number of rotatable bonds is 12. The molecule has 1 fully saturated rings. The molecule has 0 aromatic heterocycles. The molecule has 8 nitrogen and oxygen atoms in total. The summed E-state index contributed by atoms with van der Waals surface area (Å²) in [6.07, 6.45) is 7.81. The van der Waals surface area contributed by atoms with Crippen LogP contribution < -0.4 is 5.32 Å². The Balaban J connectivity index is 1.31. The number of hydrogen-bond donors (Lipinski definition) is 3. The Bertz CT molecular complexity index is 1190. The highest BCUT2D eigenvalue weighted by molar-refractivity contribution is 8.03. The summed E-state index contributed by atoms with van der Waals surface area (Å²) >= 11 is 16.4. The fraction of sp³-hybridized carbons (Fsp3) is 0.400. The van der Waals surface area contributed by atoms with Crippen molar-refractivity contribution in [1.82, 2.24) is 15.1 Å². The third kappa shape index (κ3) is 7.05. The third-order valence-corrected chi connectivity index (χ3v) is 10.3. The minimum atomic E-state index is -1.14. The third-order valence-electron chi connectivity index (χ3n) is 6.06. The lowest BCUT2D eigenvalue weighted by atomic mass is 10.0. The zero-order valence-electron chi connectivity index (χ0n) is 20.3. The van der Waals surface area contributed by atoms with Crippen LogP contribution >= 0.6 is 58.5 Å².